The molecular weight excluding hydrogens is 596 g/mol. The molecule has 1 aliphatic carbocycles. The predicted molar refractivity (Wildman–Crippen MR) is 185 cm³/mol. The summed E-state index contributed by atoms with van der Waals surface area (Å²) in [5, 5.41) is 16.3. The highest BCUT2D eigenvalue weighted by atomic mass is 16.5. The third kappa shape index (κ3) is 11.1. The van der Waals surface area contributed by atoms with E-state index >= 15 is 0 Å². The van der Waals surface area contributed by atoms with Crippen LogP contribution in [0.1, 0.15) is 88.1 Å². The summed E-state index contributed by atoms with van der Waals surface area (Å²) < 4.78 is 18.2. The molecule has 3 N–H and O–H groups in total. The minimum atomic E-state index is -0.438. The fraction of sp³-hybridized carbons (Fsp3) is 0.622. The molecule has 1 heterocycles. The summed E-state index contributed by atoms with van der Waals surface area (Å²) in [4.78, 5) is 31.2. The summed E-state index contributed by atoms with van der Waals surface area (Å²) in [7, 11) is 3.75. The second kappa shape index (κ2) is 18.3. The fourth-order valence-electron chi connectivity index (χ4n) is 6.48. The lowest BCUT2D eigenvalue weighted by Gasteiger charge is -2.36. The number of benzene rings is 2. The summed E-state index contributed by atoms with van der Waals surface area (Å²) in [5.74, 6) is 1.03. The van der Waals surface area contributed by atoms with E-state index in [9.17, 15) is 14.7 Å². The molecule has 2 aromatic rings. The number of likely N-dealkylation sites (N-methyl/N-ethyl adjacent to an activating group) is 1. The summed E-state index contributed by atoms with van der Waals surface area (Å²) >= 11 is 0. The molecule has 2 aliphatic rings. The van der Waals surface area contributed by atoms with Gasteiger partial charge in [0.25, 0.3) is 5.91 Å². The Balaban J connectivity index is 1.55. The molecule has 1 aliphatic heterocycles. The van der Waals surface area contributed by atoms with Crippen LogP contribution in [0.4, 0.5) is 10.5 Å². The van der Waals surface area contributed by atoms with Gasteiger partial charge in [0.1, 0.15) is 11.5 Å². The van der Waals surface area contributed by atoms with Crippen molar-refractivity contribution in [2.45, 2.75) is 103 Å². The van der Waals surface area contributed by atoms with Crippen LogP contribution in [0.5, 0.6) is 11.5 Å². The van der Waals surface area contributed by atoms with Gasteiger partial charge in [0, 0.05) is 43.9 Å². The van der Waals surface area contributed by atoms with Gasteiger partial charge >= 0.3 is 6.03 Å². The number of amides is 3. The number of nitrogens with zero attached hydrogens (tertiary/aromatic N) is 2. The number of urea groups is 1. The van der Waals surface area contributed by atoms with Crippen molar-refractivity contribution in [3.63, 3.8) is 0 Å². The first kappa shape index (κ1) is 36.5. The molecule has 1 fully saturated rings. The molecule has 4 atom stereocenters. The van der Waals surface area contributed by atoms with Crippen LogP contribution in [-0.2, 0) is 11.3 Å². The molecule has 4 rings (SSSR count). The first-order valence-corrected chi connectivity index (χ1v) is 17.4. The number of carbonyl (C=O) groups is 2. The molecule has 47 heavy (non-hydrogen) atoms. The summed E-state index contributed by atoms with van der Waals surface area (Å²) in [6.45, 7) is 8.22. The number of methoxy groups -OCH3 is 1. The number of aliphatic hydroxyl groups excluding tert-OH is 1. The van der Waals surface area contributed by atoms with Crippen LogP contribution in [0.25, 0.3) is 0 Å². The monoisotopic (exact) mass is 652 g/mol. The van der Waals surface area contributed by atoms with E-state index in [0.29, 0.717) is 36.7 Å². The number of aliphatic hydroxyl groups is 1. The number of hydrogen-bond acceptors (Lipinski definition) is 7. The molecule has 0 bridgehead atoms. The van der Waals surface area contributed by atoms with Crippen LogP contribution in [0.3, 0.4) is 0 Å². The summed E-state index contributed by atoms with van der Waals surface area (Å²) in [6, 6.07) is 12.8. The maximum absolute atomic E-state index is 14.4. The van der Waals surface area contributed by atoms with Crippen molar-refractivity contribution < 1.29 is 28.9 Å². The third-order valence-electron chi connectivity index (χ3n) is 9.35. The van der Waals surface area contributed by atoms with Gasteiger partial charge in [0.15, 0.2) is 0 Å². The van der Waals surface area contributed by atoms with Crippen LogP contribution in [0, 0.1) is 5.92 Å². The molecule has 2 aromatic carbocycles. The molecule has 3 amide bonds. The number of carbonyl (C=O) groups excluding carboxylic acids is 2. The van der Waals surface area contributed by atoms with Crippen molar-refractivity contribution in [1.82, 2.24) is 15.1 Å². The van der Waals surface area contributed by atoms with Crippen molar-refractivity contribution in [3.8, 4) is 11.5 Å². The number of nitrogens with one attached hydrogen (secondary N) is 2. The Morgan fingerprint density at radius 3 is 2.49 bits per heavy atom. The fourth-order valence-corrected chi connectivity index (χ4v) is 6.48. The van der Waals surface area contributed by atoms with Gasteiger partial charge in [0.05, 0.1) is 37.5 Å². The quantitative estimate of drug-likeness (QED) is 0.301. The highest BCUT2D eigenvalue weighted by Gasteiger charge is 2.30. The van der Waals surface area contributed by atoms with E-state index in [4.69, 9.17) is 14.2 Å². The van der Waals surface area contributed by atoms with Crippen LogP contribution < -0.4 is 20.1 Å². The van der Waals surface area contributed by atoms with E-state index in [2.05, 4.69) is 41.6 Å². The summed E-state index contributed by atoms with van der Waals surface area (Å²) in [5.41, 5.74) is 2.06. The Labute approximate surface area is 281 Å². The van der Waals surface area contributed by atoms with Crippen LogP contribution in [0.15, 0.2) is 42.5 Å². The Hall–Kier alpha value is -3.34. The van der Waals surface area contributed by atoms with E-state index in [1.807, 2.05) is 26.0 Å². The van der Waals surface area contributed by atoms with Crippen molar-refractivity contribution in [2.24, 2.45) is 5.92 Å². The Kier molecular flexibility index (Phi) is 14.2. The zero-order chi connectivity index (χ0) is 33.8. The minimum absolute atomic E-state index is 0.0277. The standard InChI is InChI=1S/C37H56N4O6/c1-26-22-41(27(2)25-42)36(43)33-21-31(39-37(44)38-30-12-7-6-8-13-30)16-19-34(33)47-28(3)11-9-10-20-46-35(26)24-40(4)23-29-14-17-32(45-5)18-15-29/h14-19,21,26-28,30,35,42H,6-13,20,22-25H2,1-5H3,(H2,38,39,44)/t26-,27-,28+,35+/m1/s1. The van der Waals surface area contributed by atoms with E-state index in [1.165, 1.54) is 12.0 Å². The number of rotatable bonds is 9. The molecular formula is C37H56N4O6. The first-order chi connectivity index (χ1) is 22.7. The summed E-state index contributed by atoms with van der Waals surface area (Å²) in [6.07, 6.45) is 7.81. The smallest absolute Gasteiger partial charge is 0.319 e. The predicted octanol–water partition coefficient (Wildman–Crippen LogP) is 6.08. The second-order valence-electron chi connectivity index (χ2n) is 13.5. The molecule has 1 saturated carbocycles. The Bertz CT molecular complexity index is 1270. The zero-order valence-corrected chi connectivity index (χ0v) is 29.0. The first-order valence-electron chi connectivity index (χ1n) is 17.4. The van der Waals surface area contributed by atoms with Gasteiger partial charge < -0.3 is 34.9 Å². The van der Waals surface area contributed by atoms with Crippen molar-refractivity contribution in [1.29, 1.82) is 0 Å². The SMILES string of the molecule is COc1ccc(CN(C)C[C@@H]2OCCCC[C@H](C)Oc3ccc(NC(=O)NC4CCCCC4)cc3C(=O)N([C@H](C)CO)C[C@H]2C)cc1. The van der Waals surface area contributed by atoms with Crippen LogP contribution >= 0.6 is 0 Å². The molecule has 0 aromatic heterocycles. The van der Waals surface area contributed by atoms with E-state index in [1.54, 1.807) is 30.2 Å². The lowest BCUT2D eigenvalue weighted by molar-refractivity contribution is -0.0177. The number of fused-ring (bicyclic) bond motifs is 1. The maximum atomic E-state index is 14.4. The van der Waals surface area contributed by atoms with Crippen molar-refractivity contribution >= 4 is 17.6 Å². The van der Waals surface area contributed by atoms with Gasteiger partial charge in [-0.15, -0.1) is 0 Å². The highest BCUT2D eigenvalue weighted by molar-refractivity contribution is 5.99. The molecule has 10 heteroatoms. The molecule has 260 valence electrons. The normalized spacial score (nSPS) is 22.5. The molecule has 0 spiro atoms. The number of anilines is 1. The molecule has 0 radical (unpaired) electrons. The zero-order valence-electron chi connectivity index (χ0n) is 29.0. The van der Waals surface area contributed by atoms with Gasteiger partial charge in [-0.2, -0.15) is 0 Å². The van der Waals surface area contributed by atoms with Crippen molar-refractivity contribution in [3.05, 3.63) is 53.6 Å². The van der Waals surface area contributed by atoms with Gasteiger partial charge in [-0.05, 0) is 88.9 Å². The van der Waals surface area contributed by atoms with Crippen LogP contribution in [0.2, 0.25) is 0 Å². The number of ether oxygens (including phenoxy) is 3. The Morgan fingerprint density at radius 1 is 1.06 bits per heavy atom. The lowest BCUT2D eigenvalue weighted by Crippen LogP contribution is -2.47. The average Bonchev–Trinajstić information content (AvgIpc) is 3.06. The topological polar surface area (TPSA) is 113 Å². The van der Waals surface area contributed by atoms with E-state index < -0.39 is 6.04 Å². The van der Waals surface area contributed by atoms with E-state index in [0.717, 1.165) is 57.2 Å². The largest absolute Gasteiger partial charge is 0.497 e. The van der Waals surface area contributed by atoms with E-state index in [-0.39, 0.29) is 42.7 Å². The minimum Gasteiger partial charge on any atom is -0.497 e. The Morgan fingerprint density at radius 2 is 1.79 bits per heavy atom. The second-order valence-corrected chi connectivity index (χ2v) is 13.5. The number of hydrogen-bond donors (Lipinski definition) is 3. The van der Waals surface area contributed by atoms with Gasteiger partial charge in [-0.3, -0.25) is 9.69 Å². The molecule has 0 saturated heterocycles. The van der Waals surface area contributed by atoms with Crippen molar-refractivity contribution in [2.75, 3.05) is 45.8 Å². The lowest BCUT2D eigenvalue weighted by atomic mass is 9.96. The molecule has 0 unspecified atom stereocenters. The van der Waals surface area contributed by atoms with Gasteiger partial charge in [-0.1, -0.05) is 38.3 Å². The average molecular weight is 653 g/mol. The van der Waals surface area contributed by atoms with Gasteiger partial charge in [0.2, 0.25) is 0 Å². The van der Waals surface area contributed by atoms with Gasteiger partial charge in [-0.25, -0.2) is 4.79 Å². The highest BCUT2D eigenvalue weighted by Crippen LogP contribution is 2.29. The maximum Gasteiger partial charge on any atom is 0.319 e. The molecule has 10 nitrogen and oxygen atoms in total. The van der Waals surface area contributed by atoms with Crippen LogP contribution in [-0.4, -0.2) is 91.6 Å². The third-order valence-corrected chi connectivity index (χ3v) is 9.35.